The van der Waals surface area contributed by atoms with Crippen LogP contribution in [0.25, 0.3) is 11.3 Å². The van der Waals surface area contributed by atoms with E-state index < -0.39 is 10.8 Å². The first-order valence-electron chi connectivity index (χ1n) is 7.99. The molecule has 0 aliphatic rings. The number of thioether (sulfide) groups is 1. The topological polar surface area (TPSA) is 114 Å². The Kier molecular flexibility index (Phi) is 5.78. The summed E-state index contributed by atoms with van der Waals surface area (Å²) in [6.07, 6.45) is 0. The highest BCUT2D eigenvalue weighted by molar-refractivity contribution is 8.00. The number of amides is 1. The molecule has 2 aromatic carbocycles. The van der Waals surface area contributed by atoms with Gasteiger partial charge in [0.15, 0.2) is 10.9 Å². The lowest BCUT2D eigenvalue weighted by atomic mass is 10.1. The van der Waals surface area contributed by atoms with Crippen LogP contribution in [0.1, 0.15) is 6.92 Å². The summed E-state index contributed by atoms with van der Waals surface area (Å²) in [5.74, 6) is -0.249. The van der Waals surface area contributed by atoms with Gasteiger partial charge in [-0.2, -0.15) is 0 Å². The number of carbonyl (C=O) groups excluding carboxylic acids is 1. The van der Waals surface area contributed by atoms with Crippen LogP contribution >= 0.6 is 23.4 Å². The van der Waals surface area contributed by atoms with E-state index in [1.165, 1.54) is 0 Å². The monoisotopic (exact) mass is 401 g/mol. The molecule has 1 atom stereocenters. The van der Waals surface area contributed by atoms with Gasteiger partial charge in [-0.05, 0) is 31.2 Å². The zero-order valence-electron chi connectivity index (χ0n) is 14.3. The predicted octanol–water partition coefficient (Wildman–Crippen LogP) is 3.19. The summed E-state index contributed by atoms with van der Waals surface area (Å²) in [4.78, 5) is 27.3. The molecule has 4 N–H and O–H groups in total. The van der Waals surface area contributed by atoms with Gasteiger partial charge in [-0.1, -0.05) is 47.6 Å². The molecule has 0 saturated carbocycles. The lowest BCUT2D eigenvalue weighted by Crippen LogP contribution is -2.23. The number of rotatable bonds is 5. The van der Waals surface area contributed by atoms with Crippen LogP contribution < -0.4 is 16.6 Å². The molecule has 1 heterocycles. The summed E-state index contributed by atoms with van der Waals surface area (Å²) >= 11 is 7.00. The normalized spacial score (nSPS) is 11.8. The van der Waals surface area contributed by atoms with Crippen molar-refractivity contribution in [2.75, 3.05) is 11.1 Å². The Morgan fingerprint density at radius 2 is 2.00 bits per heavy atom. The van der Waals surface area contributed by atoms with Gasteiger partial charge in [-0.3, -0.25) is 14.6 Å². The number of anilines is 2. The molecule has 9 heteroatoms. The maximum atomic E-state index is 12.3. The van der Waals surface area contributed by atoms with Gasteiger partial charge >= 0.3 is 0 Å². The van der Waals surface area contributed by atoms with Crippen molar-refractivity contribution in [2.45, 2.75) is 17.3 Å². The Balaban J connectivity index is 1.72. The molecular weight excluding hydrogens is 386 g/mol. The standard InChI is InChI=1S/C18H16ClN5O2S/c1-10(16(25)21-12-6-4-5-11(19)9-12)27-18-22-17(26)15(23-24-18)13-7-2-3-8-14(13)20/h2-10H,20H2,1H3,(H,21,25)(H,22,24,26)/t10-/m1/s1. The Bertz CT molecular complexity index is 1040. The summed E-state index contributed by atoms with van der Waals surface area (Å²) in [6.45, 7) is 1.70. The third-order valence-corrected chi connectivity index (χ3v) is 4.85. The van der Waals surface area contributed by atoms with E-state index in [0.717, 1.165) is 11.8 Å². The van der Waals surface area contributed by atoms with Gasteiger partial charge in [-0.25, -0.2) is 0 Å². The SMILES string of the molecule is C[C@@H](Sc1nnc(-c2ccccc2N)c(=O)[nH]1)C(=O)Nc1cccc(Cl)c1. The van der Waals surface area contributed by atoms with E-state index in [0.29, 0.717) is 22.0 Å². The first-order valence-corrected chi connectivity index (χ1v) is 9.25. The minimum atomic E-state index is -0.512. The summed E-state index contributed by atoms with van der Waals surface area (Å²) < 4.78 is 0. The second-order valence-electron chi connectivity index (χ2n) is 5.65. The average Bonchev–Trinajstić information content (AvgIpc) is 2.63. The highest BCUT2D eigenvalue weighted by Crippen LogP contribution is 2.23. The van der Waals surface area contributed by atoms with Gasteiger partial charge in [0.05, 0.1) is 5.25 Å². The molecule has 0 aliphatic carbocycles. The number of nitrogen functional groups attached to an aromatic ring is 1. The van der Waals surface area contributed by atoms with E-state index in [1.807, 2.05) is 0 Å². The van der Waals surface area contributed by atoms with Gasteiger partial charge in [0.1, 0.15) is 0 Å². The molecule has 0 unspecified atom stereocenters. The van der Waals surface area contributed by atoms with Crippen molar-refractivity contribution in [2.24, 2.45) is 0 Å². The number of nitrogens with one attached hydrogen (secondary N) is 2. The van der Waals surface area contributed by atoms with Crippen molar-refractivity contribution in [3.63, 3.8) is 0 Å². The highest BCUT2D eigenvalue weighted by Gasteiger charge is 2.18. The molecule has 27 heavy (non-hydrogen) atoms. The van der Waals surface area contributed by atoms with Crippen LogP contribution in [-0.2, 0) is 4.79 Å². The second kappa shape index (κ2) is 8.24. The van der Waals surface area contributed by atoms with Crippen LogP contribution in [0.15, 0.2) is 58.5 Å². The van der Waals surface area contributed by atoms with Crippen LogP contribution in [0.2, 0.25) is 5.02 Å². The van der Waals surface area contributed by atoms with Crippen LogP contribution in [0.3, 0.4) is 0 Å². The minimum absolute atomic E-state index is 0.133. The number of para-hydroxylation sites is 1. The minimum Gasteiger partial charge on any atom is -0.398 e. The Morgan fingerprint density at radius 3 is 2.70 bits per heavy atom. The number of nitrogens with two attached hydrogens (primary N) is 1. The largest absolute Gasteiger partial charge is 0.398 e. The number of nitrogens with zero attached hydrogens (tertiary/aromatic N) is 2. The first-order chi connectivity index (χ1) is 12.9. The third-order valence-electron chi connectivity index (χ3n) is 3.64. The Labute approximate surface area is 164 Å². The summed E-state index contributed by atoms with van der Waals surface area (Å²) in [7, 11) is 0. The van der Waals surface area contributed by atoms with Gasteiger partial charge < -0.3 is 11.1 Å². The van der Waals surface area contributed by atoms with E-state index in [2.05, 4.69) is 20.5 Å². The fourth-order valence-electron chi connectivity index (χ4n) is 2.30. The zero-order chi connectivity index (χ0) is 19.4. The van der Waals surface area contributed by atoms with E-state index in [9.17, 15) is 9.59 Å². The summed E-state index contributed by atoms with van der Waals surface area (Å²) in [5.41, 5.74) is 7.12. The molecule has 3 aromatic rings. The summed E-state index contributed by atoms with van der Waals surface area (Å²) in [6, 6.07) is 13.8. The zero-order valence-corrected chi connectivity index (χ0v) is 15.8. The molecule has 1 amide bonds. The molecule has 0 bridgehead atoms. The smallest absolute Gasteiger partial charge is 0.278 e. The predicted molar refractivity (Wildman–Crippen MR) is 108 cm³/mol. The quantitative estimate of drug-likeness (QED) is 0.447. The average molecular weight is 402 g/mol. The maximum Gasteiger partial charge on any atom is 0.278 e. The molecule has 1 aromatic heterocycles. The van der Waals surface area contributed by atoms with Crippen molar-refractivity contribution in [1.82, 2.24) is 15.2 Å². The summed E-state index contributed by atoms with van der Waals surface area (Å²) in [5, 5.41) is 11.0. The molecule has 3 rings (SSSR count). The lowest BCUT2D eigenvalue weighted by molar-refractivity contribution is -0.115. The highest BCUT2D eigenvalue weighted by atomic mass is 35.5. The van der Waals surface area contributed by atoms with Crippen LogP contribution in [-0.4, -0.2) is 26.3 Å². The van der Waals surface area contributed by atoms with Gasteiger partial charge in [0, 0.05) is 22.0 Å². The molecule has 0 radical (unpaired) electrons. The Morgan fingerprint density at radius 1 is 1.22 bits per heavy atom. The van der Waals surface area contributed by atoms with Gasteiger partial charge in [0.25, 0.3) is 5.56 Å². The number of aromatic nitrogens is 3. The molecule has 7 nitrogen and oxygen atoms in total. The van der Waals surface area contributed by atoms with Crippen molar-refractivity contribution in [3.05, 3.63) is 63.9 Å². The fourth-order valence-corrected chi connectivity index (χ4v) is 3.23. The molecule has 0 saturated heterocycles. The fraction of sp³-hybridized carbons (Fsp3) is 0.111. The molecule has 0 aliphatic heterocycles. The molecule has 0 fully saturated rings. The van der Waals surface area contributed by atoms with Crippen molar-refractivity contribution in [3.8, 4) is 11.3 Å². The van der Waals surface area contributed by atoms with Gasteiger partial charge in [0.2, 0.25) is 5.91 Å². The first kappa shape index (κ1) is 18.9. The maximum absolute atomic E-state index is 12.3. The third kappa shape index (κ3) is 4.66. The molecule has 0 spiro atoms. The van der Waals surface area contributed by atoms with Crippen LogP contribution in [0.5, 0.6) is 0 Å². The van der Waals surface area contributed by atoms with Crippen molar-refractivity contribution >= 4 is 40.6 Å². The number of aromatic amines is 1. The number of halogens is 1. The number of H-pyrrole nitrogens is 1. The van der Waals surface area contributed by atoms with E-state index in [-0.39, 0.29) is 16.8 Å². The second-order valence-corrected chi connectivity index (χ2v) is 7.42. The lowest BCUT2D eigenvalue weighted by Gasteiger charge is -2.11. The Hall–Kier alpha value is -2.84. The number of benzene rings is 2. The molecular formula is C18H16ClN5O2S. The molecule has 138 valence electrons. The van der Waals surface area contributed by atoms with Crippen LogP contribution in [0, 0.1) is 0 Å². The van der Waals surface area contributed by atoms with E-state index in [1.54, 1.807) is 55.5 Å². The van der Waals surface area contributed by atoms with E-state index in [4.69, 9.17) is 17.3 Å². The number of hydrogen-bond donors (Lipinski definition) is 3. The number of carbonyl (C=O) groups is 1. The van der Waals surface area contributed by atoms with Gasteiger partial charge in [-0.15, -0.1) is 10.2 Å². The van der Waals surface area contributed by atoms with Crippen molar-refractivity contribution in [1.29, 1.82) is 0 Å². The van der Waals surface area contributed by atoms with Crippen molar-refractivity contribution < 1.29 is 4.79 Å². The van der Waals surface area contributed by atoms with E-state index >= 15 is 0 Å². The van der Waals surface area contributed by atoms with Crippen LogP contribution in [0.4, 0.5) is 11.4 Å². The number of hydrogen-bond acceptors (Lipinski definition) is 6.